The molecule has 1 fully saturated rings. The summed E-state index contributed by atoms with van der Waals surface area (Å²) in [4.78, 5) is 22.2. The highest BCUT2D eigenvalue weighted by Crippen LogP contribution is 2.23. The number of thioether (sulfide) groups is 2. The highest BCUT2D eigenvalue weighted by atomic mass is 32.2. The van der Waals surface area contributed by atoms with Crippen LogP contribution in [0.2, 0.25) is 0 Å². The lowest BCUT2D eigenvalue weighted by Gasteiger charge is -2.21. The van der Waals surface area contributed by atoms with Crippen molar-refractivity contribution in [1.82, 2.24) is 10.6 Å². The van der Waals surface area contributed by atoms with Gasteiger partial charge >= 0.3 is 12.0 Å². The summed E-state index contributed by atoms with van der Waals surface area (Å²) in [7, 11) is 0. The maximum absolute atomic E-state index is 11.5. The van der Waals surface area contributed by atoms with Gasteiger partial charge in [-0.05, 0) is 6.42 Å². The fourth-order valence-electron chi connectivity index (χ4n) is 1.41. The molecule has 0 aliphatic carbocycles. The van der Waals surface area contributed by atoms with E-state index in [2.05, 4.69) is 10.6 Å². The van der Waals surface area contributed by atoms with Crippen LogP contribution in [0, 0.1) is 0 Å². The Hall–Kier alpha value is -0.560. The number of aliphatic carboxylic acids is 1. The monoisotopic (exact) mass is 278 g/mol. The minimum atomic E-state index is -0.995. The van der Waals surface area contributed by atoms with Crippen molar-refractivity contribution in [3.63, 3.8) is 0 Å². The molecule has 0 aromatic carbocycles. The molecule has 7 heteroatoms. The van der Waals surface area contributed by atoms with Crippen LogP contribution in [0.3, 0.4) is 0 Å². The molecule has 2 atom stereocenters. The third-order valence-corrected chi connectivity index (χ3v) is 5.23. The van der Waals surface area contributed by atoms with Crippen molar-refractivity contribution in [1.29, 1.82) is 0 Å². The average molecular weight is 278 g/mol. The maximum Gasteiger partial charge on any atom is 0.326 e. The van der Waals surface area contributed by atoms with Crippen LogP contribution in [0.25, 0.3) is 0 Å². The summed E-state index contributed by atoms with van der Waals surface area (Å²) in [5.41, 5.74) is 0. The van der Waals surface area contributed by atoms with E-state index in [0.717, 1.165) is 11.5 Å². The van der Waals surface area contributed by atoms with Gasteiger partial charge in [0.1, 0.15) is 6.04 Å². The summed E-state index contributed by atoms with van der Waals surface area (Å²) in [6.07, 6.45) is 0.386. The van der Waals surface area contributed by atoms with Crippen LogP contribution in [0.4, 0.5) is 4.79 Å². The van der Waals surface area contributed by atoms with Crippen molar-refractivity contribution in [3.05, 3.63) is 0 Å². The molecular weight excluding hydrogens is 260 g/mol. The highest BCUT2D eigenvalue weighted by molar-refractivity contribution is 8.06. The van der Waals surface area contributed by atoms with Crippen molar-refractivity contribution < 1.29 is 14.7 Å². The van der Waals surface area contributed by atoms with Gasteiger partial charge in [0.2, 0.25) is 0 Å². The quantitative estimate of drug-likeness (QED) is 0.699. The predicted octanol–water partition coefficient (Wildman–Crippen LogP) is 0.997. The number of amides is 2. The smallest absolute Gasteiger partial charge is 0.326 e. The summed E-state index contributed by atoms with van der Waals surface area (Å²) in [6.45, 7) is 2.33. The van der Waals surface area contributed by atoms with E-state index in [9.17, 15) is 9.59 Å². The summed E-state index contributed by atoms with van der Waals surface area (Å²) >= 11 is 3.75. The SMILES string of the molecule is CC[C@H](NC(=O)NCC1CSCCS1)C(=O)O. The second kappa shape index (κ2) is 7.71. The van der Waals surface area contributed by atoms with Crippen LogP contribution in [0.1, 0.15) is 13.3 Å². The Morgan fingerprint density at radius 2 is 2.24 bits per heavy atom. The first kappa shape index (κ1) is 14.5. The molecule has 1 rings (SSSR count). The topological polar surface area (TPSA) is 78.4 Å². The summed E-state index contributed by atoms with van der Waals surface area (Å²) in [6, 6.07) is -1.20. The van der Waals surface area contributed by atoms with Crippen LogP contribution >= 0.6 is 23.5 Å². The third-order valence-electron chi connectivity index (χ3n) is 2.39. The van der Waals surface area contributed by atoms with Gasteiger partial charge in [-0.25, -0.2) is 9.59 Å². The predicted molar refractivity (Wildman–Crippen MR) is 71.8 cm³/mol. The van der Waals surface area contributed by atoms with Gasteiger partial charge in [0, 0.05) is 29.1 Å². The number of hydrogen-bond donors (Lipinski definition) is 3. The van der Waals surface area contributed by atoms with Crippen molar-refractivity contribution in [2.24, 2.45) is 0 Å². The number of urea groups is 1. The molecule has 0 aromatic heterocycles. The molecule has 0 radical (unpaired) electrons. The van der Waals surface area contributed by atoms with Crippen LogP contribution < -0.4 is 10.6 Å². The van der Waals surface area contributed by atoms with Crippen LogP contribution in [0.15, 0.2) is 0 Å². The second-order valence-corrected chi connectivity index (χ2v) is 6.28. The lowest BCUT2D eigenvalue weighted by Crippen LogP contribution is -2.47. The Kier molecular flexibility index (Phi) is 6.57. The summed E-state index contributed by atoms with van der Waals surface area (Å²) in [5, 5.41) is 14.4. The number of hydrogen-bond acceptors (Lipinski definition) is 4. The molecule has 0 saturated carbocycles. The molecule has 0 aromatic rings. The summed E-state index contributed by atoms with van der Waals surface area (Å²) < 4.78 is 0. The molecule has 1 aliphatic heterocycles. The van der Waals surface area contributed by atoms with Gasteiger partial charge in [0.15, 0.2) is 0 Å². The molecule has 1 aliphatic rings. The van der Waals surface area contributed by atoms with Gasteiger partial charge in [-0.1, -0.05) is 6.92 Å². The van der Waals surface area contributed by atoms with E-state index in [4.69, 9.17) is 5.11 Å². The Bertz CT molecular complexity index is 270. The first-order valence-electron chi connectivity index (χ1n) is 5.60. The van der Waals surface area contributed by atoms with Gasteiger partial charge < -0.3 is 15.7 Å². The van der Waals surface area contributed by atoms with E-state index >= 15 is 0 Å². The van der Waals surface area contributed by atoms with Crippen molar-refractivity contribution >= 4 is 35.5 Å². The molecular formula is C10H18N2O3S2. The molecule has 5 nitrogen and oxygen atoms in total. The molecule has 0 bridgehead atoms. The Morgan fingerprint density at radius 3 is 2.76 bits per heavy atom. The van der Waals surface area contributed by atoms with Gasteiger partial charge in [-0.3, -0.25) is 0 Å². The van der Waals surface area contributed by atoms with E-state index in [0.29, 0.717) is 18.2 Å². The molecule has 0 spiro atoms. The van der Waals surface area contributed by atoms with Crippen LogP contribution in [-0.4, -0.2) is 52.2 Å². The zero-order valence-electron chi connectivity index (χ0n) is 9.77. The number of rotatable bonds is 5. The zero-order chi connectivity index (χ0) is 12.7. The standard InChI is InChI=1S/C10H18N2O3S2/c1-2-8(9(13)14)12-10(15)11-5-7-6-16-3-4-17-7/h7-8H,2-6H2,1H3,(H,13,14)(H2,11,12,15)/t7?,8-/m0/s1. The molecule has 1 heterocycles. The van der Waals surface area contributed by atoms with Crippen molar-refractivity contribution in [2.45, 2.75) is 24.6 Å². The number of carbonyl (C=O) groups is 2. The number of nitrogens with one attached hydrogen (secondary N) is 2. The molecule has 3 N–H and O–H groups in total. The summed E-state index contributed by atoms with van der Waals surface area (Å²) in [5.74, 6) is 2.33. The third kappa shape index (κ3) is 5.54. The van der Waals surface area contributed by atoms with Crippen molar-refractivity contribution in [3.8, 4) is 0 Å². The molecule has 1 saturated heterocycles. The van der Waals surface area contributed by atoms with Crippen LogP contribution in [0.5, 0.6) is 0 Å². The molecule has 98 valence electrons. The number of carbonyl (C=O) groups excluding carboxylic acids is 1. The Balaban J connectivity index is 2.21. The van der Waals surface area contributed by atoms with Gasteiger partial charge in [-0.2, -0.15) is 23.5 Å². The lowest BCUT2D eigenvalue weighted by atomic mass is 10.2. The van der Waals surface area contributed by atoms with E-state index < -0.39 is 18.0 Å². The Morgan fingerprint density at radius 1 is 1.47 bits per heavy atom. The average Bonchev–Trinajstić information content (AvgIpc) is 2.34. The maximum atomic E-state index is 11.5. The Labute approximate surface area is 109 Å². The fraction of sp³-hybridized carbons (Fsp3) is 0.800. The van der Waals surface area contributed by atoms with Gasteiger partial charge in [0.05, 0.1) is 0 Å². The minimum absolute atomic E-state index is 0.386. The fourth-order valence-corrected chi connectivity index (χ4v) is 4.02. The zero-order valence-corrected chi connectivity index (χ0v) is 11.4. The van der Waals surface area contributed by atoms with Crippen molar-refractivity contribution in [2.75, 3.05) is 23.8 Å². The first-order chi connectivity index (χ1) is 8.13. The number of carboxylic acids is 1. The highest BCUT2D eigenvalue weighted by Gasteiger charge is 2.19. The first-order valence-corrected chi connectivity index (χ1v) is 7.80. The van der Waals surface area contributed by atoms with E-state index in [1.165, 1.54) is 5.75 Å². The largest absolute Gasteiger partial charge is 0.480 e. The van der Waals surface area contributed by atoms with Gasteiger partial charge in [0.25, 0.3) is 0 Å². The molecule has 2 amide bonds. The van der Waals surface area contributed by atoms with Gasteiger partial charge in [-0.15, -0.1) is 0 Å². The van der Waals surface area contributed by atoms with E-state index in [-0.39, 0.29) is 0 Å². The lowest BCUT2D eigenvalue weighted by molar-refractivity contribution is -0.139. The normalized spacial score (nSPS) is 21.6. The number of carboxylic acid groups (broad SMARTS) is 1. The van der Waals surface area contributed by atoms with E-state index in [1.54, 1.807) is 6.92 Å². The minimum Gasteiger partial charge on any atom is -0.480 e. The van der Waals surface area contributed by atoms with Crippen LogP contribution in [-0.2, 0) is 4.79 Å². The second-order valence-electron chi connectivity index (χ2n) is 3.72. The van der Waals surface area contributed by atoms with E-state index in [1.807, 2.05) is 23.5 Å². The molecule has 1 unspecified atom stereocenters. The molecule has 17 heavy (non-hydrogen) atoms.